The largest absolute Gasteiger partial charge is 0.490 e. The third-order valence-electron chi connectivity index (χ3n) is 2.15. The van der Waals surface area contributed by atoms with Crippen molar-refractivity contribution in [3.05, 3.63) is 28.7 Å². The third-order valence-corrected chi connectivity index (χ3v) is 2.64. The van der Waals surface area contributed by atoms with Crippen LogP contribution in [-0.2, 0) is 0 Å². The molecule has 12 heavy (non-hydrogen) atoms. The van der Waals surface area contributed by atoms with Gasteiger partial charge in [-0.15, -0.1) is 0 Å². The molecule has 1 aliphatic rings. The fourth-order valence-electron chi connectivity index (χ4n) is 1.22. The number of rotatable bonds is 2. The Morgan fingerprint density at radius 1 is 1.33 bits per heavy atom. The van der Waals surface area contributed by atoms with Crippen molar-refractivity contribution >= 4 is 15.9 Å². The van der Waals surface area contributed by atoms with Crippen LogP contribution in [-0.4, -0.2) is 6.10 Å². The standard InChI is InChI=1S/C10H11BrO/c11-8-3-1-6-10(7-8)12-9-4-2-5-9/h1,3,6-7,9H,2,4-5H2. The maximum atomic E-state index is 5.70. The predicted molar refractivity (Wildman–Crippen MR) is 52.4 cm³/mol. The van der Waals surface area contributed by atoms with E-state index in [0.29, 0.717) is 6.10 Å². The van der Waals surface area contributed by atoms with Gasteiger partial charge < -0.3 is 4.74 Å². The minimum absolute atomic E-state index is 0.472. The Labute approximate surface area is 80.9 Å². The molecule has 2 heteroatoms. The van der Waals surface area contributed by atoms with Crippen LogP contribution in [0.25, 0.3) is 0 Å². The maximum Gasteiger partial charge on any atom is 0.120 e. The molecule has 1 aliphatic carbocycles. The molecule has 0 heterocycles. The van der Waals surface area contributed by atoms with E-state index in [-0.39, 0.29) is 0 Å². The van der Waals surface area contributed by atoms with E-state index >= 15 is 0 Å². The summed E-state index contributed by atoms with van der Waals surface area (Å²) in [6, 6.07) is 8.02. The van der Waals surface area contributed by atoms with Crippen LogP contribution in [0.3, 0.4) is 0 Å². The maximum absolute atomic E-state index is 5.70. The van der Waals surface area contributed by atoms with E-state index in [4.69, 9.17) is 4.74 Å². The van der Waals surface area contributed by atoms with Crippen LogP contribution >= 0.6 is 15.9 Å². The number of hydrogen-bond acceptors (Lipinski definition) is 1. The summed E-state index contributed by atoms with van der Waals surface area (Å²) in [7, 11) is 0. The number of ether oxygens (including phenoxy) is 1. The highest BCUT2D eigenvalue weighted by molar-refractivity contribution is 9.10. The molecule has 0 atom stereocenters. The lowest BCUT2D eigenvalue weighted by atomic mass is 9.96. The summed E-state index contributed by atoms with van der Waals surface area (Å²) >= 11 is 3.41. The summed E-state index contributed by atoms with van der Waals surface area (Å²) in [5, 5.41) is 0. The van der Waals surface area contributed by atoms with Gasteiger partial charge in [-0.2, -0.15) is 0 Å². The lowest BCUT2D eigenvalue weighted by Crippen LogP contribution is -2.24. The second-order valence-electron chi connectivity index (χ2n) is 3.13. The summed E-state index contributed by atoms with van der Waals surface area (Å²) in [5.74, 6) is 0.981. The first-order chi connectivity index (χ1) is 5.84. The molecule has 0 spiro atoms. The quantitative estimate of drug-likeness (QED) is 0.752. The molecule has 0 N–H and O–H groups in total. The molecule has 0 unspecified atom stereocenters. The molecule has 0 amide bonds. The summed E-state index contributed by atoms with van der Waals surface area (Å²) in [6.45, 7) is 0. The van der Waals surface area contributed by atoms with E-state index in [9.17, 15) is 0 Å². The highest BCUT2D eigenvalue weighted by atomic mass is 79.9. The minimum Gasteiger partial charge on any atom is -0.490 e. The lowest BCUT2D eigenvalue weighted by Gasteiger charge is -2.26. The summed E-state index contributed by atoms with van der Waals surface area (Å²) < 4.78 is 6.78. The Morgan fingerprint density at radius 2 is 2.17 bits per heavy atom. The molecular weight excluding hydrogens is 216 g/mol. The van der Waals surface area contributed by atoms with Gasteiger partial charge in [-0.3, -0.25) is 0 Å². The van der Waals surface area contributed by atoms with Crippen molar-refractivity contribution in [1.29, 1.82) is 0 Å². The van der Waals surface area contributed by atoms with Crippen molar-refractivity contribution in [2.24, 2.45) is 0 Å². The molecule has 1 fully saturated rings. The smallest absolute Gasteiger partial charge is 0.120 e. The molecule has 1 aromatic carbocycles. The average Bonchev–Trinajstić information content (AvgIpc) is 1.97. The normalized spacial score (nSPS) is 17.1. The van der Waals surface area contributed by atoms with Crippen LogP contribution in [0, 0.1) is 0 Å². The predicted octanol–water partition coefficient (Wildman–Crippen LogP) is 3.38. The van der Waals surface area contributed by atoms with E-state index in [2.05, 4.69) is 15.9 Å². The zero-order valence-electron chi connectivity index (χ0n) is 6.79. The fourth-order valence-corrected chi connectivity index (χ4v) is 1.60. The second kappa shape index (κ2) is 3.48. The van der Waals surface area contributed by atoms with Gasteiger partial charge in [0, 0.05) is 4.47 Å². The van der Waals surface area contributed by atoms with Crippen molar-refractivity contribution < 1.29 is 4.74 Å². The Bertz CT molecular complexity index is 268. The molecule has 0 radical (unpaired) electrons. The molecule has 1 saturated carbocycles. The van der Waals surface area contributed by atoms with Crippen molar-refractivity contribution in [2.75, 3.05) is 0 Å². The van der Waals surface area contributed by atoms with Crippen LogP contribution in [0.2, 0.25) is 0 Å². The fraction of sp³-hybridized carbons (Fsp3) is 0.400. The van der Waals surface area contributed by atoms with Crippen molar-refractivity contribution in [1.82, 2.24) is 0 Å². The SMILES string of the molecule is Brc1cccc(OC2CCC2)c1. The van der Waals surface area contributed by atoms with Gasteiger partial charge in [0.1, 0.15) is 5.75 Å². The monoisotopic (exact) mass is 226 g/mol. The zero-order chi connectivity index (χ0) is 8.39. The topological polar surface area (TPSA) is 9.23 Å². The number of hydrogen-bond donors (Lipinski definition) is 0. The molecule has 1 nitrogen and oxygen atoms in total. The number of halogens is 1. The molecule has 64 valence electrons. The van der Waals surface area contributed by atoms with Crippen LogP contribution in [0.15, 0.2) is 28.7 Å². The van der Waals surface area contributed by atoms with Crippen molar-refractivity contribution in [3.8, 4) is 5.75 Å². The van der Waals surface area contributed by atoms with Crippen LogP contribution in [0.5, 0.6) is 5.75 Å². The van der Waals surface area contributed by atoms with Crippen LogP contribution < -0.4 is 4.74 Å². The molecule has 0 saturated heterocycles. The first kappa shape index (κ1) is 8.11. The van der Waals surface area contributed by atoms with Gasteiger partial charge in [0.25, 0.3) is 0 Å². The average molecular weight is 227 g/mol. The first-order valence-corrected chi connectivity index (χ1v) is 5.06. The lowest BCUT2D eigenvalue weighted by molar-refractivity contribution is 0.120. The Kier molecular flexibility index (Phi) is 2.35. The van der Waals surface area contributed by atoms with E-state index in [1.54, 1.807) is 0 Å². The molecule has 0 aromatic heterocycles. The van der Waals surface area contributed by atoms with E-state index in [1.165, 1.54) is 19.3 Å². The van der Waals surface area contributed by atoms with Crippen LogP contribution in [0.1, 0.15) is 19.3 Å². The van der Waals surface area contributed by atoms with E-state index in [0.717, 1.165) is 10.2 Å². The molecular formula is C10H11BrO. The van der Waals surface area contributed by atoms with Gasteiger partial charge in [-0.1, -0.05) is 22.0 Å². The van der Waals surface area contributed by atoms with Crippen molar-refractivity contribution in [3.63, 3.8) is 0 Å². The Hall–Kier alpha value is -0.500. The summed E-state index contributed by atoms with van der Waals surface area (Å²) in [6.07, 6.45) is 4.22. The van der Waals surface area contributed by atoms with Gasteiger partial charge in [0.2, 0.25) is 0 Å². The Balaban J connectivity index is 2.02. The highest BCUT2D eigenvalue weighted by Crippen LogP contribution is 2.26. The van der Waals surface area contributed by atoms with E-state index < -0.39 is 0 Å². The molecule has 1 aromatic rings. The Morgan fingerprint density at radius 3 is 2.75 bits per heavy atom. The third kappa shape index (κ3) is 1.81. The highest BCUT2D eigenvalue weighted by Gasteiger charge is 2.18. The molecule has 0 bridgehead atoms. The number of benzene rings is 1. The van der Waals surface area contributed by atoms with Gasteiger partial charge in [0.05, 0.1) is 6.10 Å². The minimum atomic E-state index is 0.472. The summed E-state index contributed by atoms with van der Waals surface area (Å²) in [4.78, 5) is 0. The van der Waals surface area contributed by atoms with Crippen LogP contribution in [0.4, 0.5) is 0 Å². The van der Waals surface area contributed by atoms with E-state index in [1.807, 2.05) is 24.3 Å². The van der Waals surface area contributed by atoms with Crippen molar-refractivity contribution in [2.45, 2.75) is 25.4 Å². The van der Waals surface area contributed by atoms with Gasteiger partial charge in [0.15, 0.2) is 0 Å². The first-order valence-electron chi connectivity index (χ1n) is 4.27. The van der Waals surface area contributed by atoms with Gasteiger partial charge >= 0.3 is 0 Å². The zero-order valence-corrected chi connectivity index (χ0v) is 8.38. The molecule has 2 rings (SSSR count). The van der Waals surface area contributed by atoms with Gasteiger partial charge in [-0.25, -0.2) is 0 Å². The molecule has 0 aliphatic heterocycles. The summed E-state index contributed by atoms with van der Waals surface area (Å²) in [5.41, 5.74) is 0. The van der Waals surface area contributed by atoms with Gasteiger partial charge in [-0.05, 0) is 37.5 Å². The second-order valence-corrected chi connectivity index (χ2v) is 4.04.